The third kappa shape index (κ3) is 5.46. The summed E-state index contributed by atoms with van der Waals surface area (Å²) in [5.41, 5.74) is 7.65. The fraction of sp³-hybridized carbons (Fsp3) is 0.689. The van der Waals surface area contributed by atoms with Crippen LogP contribution in [0.4, 0.5) is 0 Å². The molecular formula is C45H62ClNO3. The minimum atomic E-state index is -0.649. The number of carboxylic acids is 1. The Labute approximate surface area is 307 Å². The van der Waals surface area contributed by atoms with Crippen molar-refractivity contribution >= 4 is 23.4 Å². The molecule has 0 aliphatic heterocycles. The number of aliphatic carboxylic acids is 1. The summed E-state index contributed by atoms with van der Waals surface area (Å²) in [6.45, 7) is 19.3. The van der Waals surface area contributed by atoms with Gasteiger partial charge in [-0.25, -0.2) is 0 Å². The van der Waals surface area contributed by atoms with Crippen LogP contribution in [0.5, 0.6) is 0 Å². The second kappa shape index (κ2) is 12.8. The molecule has 2 N–H and O–H groups in total. The first-order chi connectivity index (χ1) is 23.6. The Kier molecular flexibility index (Phi) is 9.23. The van der Waals surface area contributed by atoms with Gasteiger partial charge in [0.2, 0.25) is 0 Å². The predicted molar refractivity (Wildman–Crippen MR) is 204 cm³/mol. The van der Waals surface area contributed by atoms with E-state index in [2.05, 4.69) is 78.1 Å². The molecule has 272 valence electrons. The number of carbonyl (C=O) groups is 2. The number of benzene rings is 1. The third-order valence-corrected chi connectivity index (χ3v) is 16.5. The lowest BCUT2D eigenvalue weighted by molar-refractivity contribution is -0.198. The summed E-state index contributed by atoms with van der Waals surface area (Å²) in [5.74, 6) is 1.56. The molecule has 1 aromatic carbocycles. The van der Waals surface area contributed by atoms with Crippen molar-refractivity contribution in [3.05, 3.63) is 69.3 Å². The lowest BCUT2D eigenvalue weighted by atomic mass is 9.33. The Morgan fingerprint density at radius 3 is 2.34 bits per heavy atom. The summed E-state index contributed by atoms with van der Waals surface area (Å²) < 4.78 is 0. The molecule has 1 aromatic rings. The minimum Gasteiger partial charge on any atom is -0.481 e. The molecule has 5 heteroatoms. The monoisotopic (exact) mass is 699 g/mol. The van der Waals surface area contributed by atoms with Crippen LogP contribution in [0.2, 0.25) is 5.02 Å². The van der Waals surface area contributed by atoms with Crippen molar-refractivity contribution in [2.75, 3.05) is 6.54 Å². The van der Waals surface area contributed by atoms with Crippen LogP contribution >= 0.6 is 11.6 Å². The maximum absolute atomic E-state index is 14.0. The van der Waals surface area contributed by atoms with E-state index in [0.29, 0.717) is 36.4 Å². The zero-order valence-corrected chi connectivity index (χ0v) is 32.6. The lowest BCUT2D eigenvalue weighted by Gasteiger charge is -2.71. The lowest BCUT2D eigenvalue weighted by Crippen LogP contribution is -2.64. The van der Waals surface area contributed by atoms with Gasteiger partial charge in [-0.1, -0.05) is 89.9 Å². The number of Topliss-reactive ketones (excluding diaryl/α,β-unsaturated/α-hetero) is 1. The van der Waals surface area contributed by atoms with Crippen LogP contribution < -0.4 is 5.32 Å². The molecule has 0 bridgehead atoms. The van der Waals surface area contributed by atoms with E-state index in [0.717, 1.165) is 50.2 Å². The second-order valence-electron chi connectivity index (χ2n) is 19.1. The Balaban J connectivity index is 1.16. The molecule has 0 amide bonds. The molecule has 6 aliphatic carbocycles. The van der Waals surface area contributed by atoms with Crippen molar-refractivity contribution in [3.8, 4) is 0 Å². The number of fused-ring (bicyclic) bond motifs is 7. The van der Waals surface area contributed by atoms with Gasteiger partial charge in [0.1, 0.15) is 0 Å². The van der Waals surface area contributed by atoms with Crippen LogP contribution in [0.25, 0.3) is 0 Å². The Morgan fingerprint density at radius 2 is 1.68 bits per heavy atom. The highest BCUT2D eigenvalue weighted by molar-refractivity contribution is 6.30. The number of allylic oxidation sites excluding steroid dienone is 6. The summed E-state index contributed by atoms with van der Waals surface area (Å²) in [7, 11) is 0. The van der Waals surface area contributed by atoms with Crippen LogP contribution in [0, 0.1) is 56.7 Å². The number of rotatable bonds is 8. The van der Waals surface area contributed by atoms with E-state index in [1.54, 1.807) is 5.57 Å². The van der Waals surface area contributed by atoms with Gasteiger partial charge < -0.3 is 10.4 Å². The summed E-state index contributed by atoms with van der Waals surface area (Å²) in [6.07, 6.45) is 17.3. The number of carbonyl (C=O) groups excluding carboxylic acids is 1. The molecular weight excluding hydrogens is 638 g/mol. The average Bonchev–Trinajstić information content (AvgIpc) is 3.36. The molecule has 3 fully saturated rings. The summed E-state index contributed by atoms with van der Waals surface area (Å²) in [5, 5.41) is 14.1. The van der Waals surface area contributed by atoms with Crippen molar-refractivity contribution in [1.82, 2.24) is 5.32 Å². The van der Waals surface area contributed by atoms with E-state index in [4.69, 9.17) is 11.6 Å². The standard InChI is InChI=1S/C45H62ClNO3/c1-28(2)38-35(48)26-45(24-25-47-27-29-8-14-32(46)15-9-29)23-22-43(6)34(39(38)45)16-17-37-42(5)20-18-33(30-10-12-31(13-11-30)40(49)50)41(3,4)36(42)19-21-44(37,43)7/h8-10,14-15,18,28,31,34,36-37,47H,11-13,16-17,19-27H2,1-7H3,(H,49,50)/t31?,34-,36?,37?,42+,43-,44-,45-/m1/s1. The molecule has 3 unspecified atom stereocenters. The van der Waals surface area contributed by atoms with Crippen LogP contribution in [0.15, 0.2) is 58.7 Å². The Hall–Kier alpha value is -2.17. The molecule has 0 heterocycles. The first-order valence-corrected chi connectivity index (χ1v) is 20.3. The van der Waals surface area contributed by atoms with Gasteiger partial charge in [-0.2, -0.15) is 0 Å². The predicted octanol–water partition coefficient (Wildman–Crippen LogP) is 11.1. The van der Waals surface area contributed by atoms with E-state index in [1.807, 2.05) is 12.1 Å². The molecule has 6 aliphatic rings. The second-order valence-corrected chi connectivity index (χ2v) is 19.5. The molecule has 0 saturated heterocycles. The van der Waals surface area contributed by atoms with Gasteiger partial charge in [0.15, 0.2) is 5.78 Å². The quantitative estimate of drug-likeness (QED) is 0.265. The van der Waals surface area contributed by atoms with Gasteiger partial charge in [-0.3, -0.25) is 9.59 Å². The van der Waals surface area contributed by atoms with Crippen LogP contribution in [-0.4, -0.2) is 23.4 Å². The van der Waals surface area contributed by atoms with Gasteiger partial charge >= 0.3 is 5.97 Å². The highest BCUT2D eigenvalue weighted by Gasteiger charge is 2.69. The molecule has 3 saturated carbocycles. The zero-order valence-electron chi connectivity index (χ0n) is 31.9. The molecule has 50 heavy (non-hydrogen) atoms. The number of hydrogen-bond donors (Lipinski definition) is 2. The van der Waals surface area contributed by atoms with E-state index >= 15 is 0 Å². The van der Waals surface area contributed by atoms with Gasteiger partial charge in [-0.05, 0) is 157 Å². The van der Waals surface area contributed by atoms with Gasteiger partial charge in [-0.15, -0.1) is 0 Å². The van der Waals surface area contributed by atoms with Crippen LogP contribution in [0.1, 0.15) is 131 Å². The SMILES string of the molecule is CC(C)C1=C2[C@H]3CCC4[C@@]5(C)CC=C(C6=CCC(C(=O)O)CC6)C(C)(C)C5CC[C@@]4(C)[C@]3(C)CC[C@@]2(CCNCc2ccc(Cl)cc2)CC1=O. The summed E-state index contributed by atoms with van der Waals surface area (Å²) in [4.78, 5) is 25.7. The maximum atomic E-state index is 14.0. The fourth-order valence-corrected chi connectivity index (χ4v) is 13.8. The van der Waals surface area contributed by atoms with Crippen molar-refractivity contribution < 1.29 is 14.7 Å². The van der Waals surface area contributed by atoms with Crippen molar-refractivity contribution in [3.63, 3.8) is 0 Å². The first-order valence-electron chi connectivity index (χ1n) is 19.9. The van der Waals surface area contributed by atoms with Crippen molar-refractivity contribution in [2.45, 2.75) is 132 Å². The Morgan fingerprint density at radius 1 is 0.940 bits per heavy atom. The van der Waals surface area contributed by atoms with Crippen LogP contribution in [-0.2, 0) is 16.1 Å². The largest absolute Gasteiger partial charge is 0.481 e. The fourth-order valence-electron chi connectivity index (χ4n) is 13.7. The third-order valence-electron chi connectivity index (χ3n) is 16.3. The highest BCUT2D eigenvalue weighted by Crippen LogP contribution is 2.77. The summed E-state index contributed by atoms with van der Waals surface area (Å²) in [6, 6.07) is 8.13. The van der Waals surface area contributed by atoms with Crippen LogP contribution in [0.3, 0.4) is 0 Å². The zero-order chi connectivity index (χ0) is 35.9. The van der Waals surface area contributed by atoms with E-state index < -0.39 is 5.97 Å². The molecule has 4 nitrogen and oxygen atoms in total. The molecule has 0 aromatic heterocycles. The normalized spacial score (nSPS) is 39.3. The molecule has 0 spiro atoms. The van der Waals surface area contributed by atoms with E-state index in [-0.39, 0.29) is 38.9 Å². The van der Waals surface area contributed by atoms with Gasteiger partial charge in [0.05, 0.1) is 5.92 Å². The number of ketones is 1. The first kappa shape index (κ1) is 36.2. The number of nitrogens with one attached hydrogen (secondary N) is 1. The smallest absolute Gasteiger partial charge is 0.306 e. The number of halogens is 1. The Bertz CT molecular complexity index is 1630. The van der Waals surface area contributed by atoms with E-state index in [1.165, 1.54) is 54.4 Å². The molecule has 8 atom stereocenters. The van der Waals surface area contributed by atoms with Crippen molar-refractivity contribution in [1.29, 1.82) is 0 Å². The maximum Gasteiger partial charge on any atom is 0.306 e. The van der Waals surface area contributed by atoms with Gasteiger partial charge in [0, 0.05) is 23.4 Å². The summed E-state index contributed by atoms with van der Waals surface area (Å²) >= 11 is 6.13. The topological polar surface area (TPSA) is 66.4 Å². The highest BCUT2D eigenvalue weighted by atomic mass is 35.5. The average molecular weight is 700 g/mol. The molecule has 0 radical (unpaired) electrons. The number of carboxylic acid groups (broad SMARTS) is 1. The van der Waals surface area contributed by atoms with Gasteiger partial charge in [0.25, 0.3) is 0 Å². The minimum absolute atomic E-state index is 0.00397. The van der Waals surface area contributed by atoms with E-state index in [9.17, 15) is 14.7 Å². The van der Waals surface area contributed by atoms with Crippen molar-refractivity contribution in [2.24, 2.45) is 56.7 Å². The number of hydrogen-bond acceptors (Lipinski definition) is 3. The molecule has 7 rings (SSSR count).